The Labute approximate surface area is 141 Å². The number of fused-ring (bicyclic) bond motifs is 1. The summed E-state index contributed by atoms with van der Waals surface area (Å²) in [5, 5.41) is 0. The molecule has 5 nitrogen and oxygen atoms in total. The molecule has 2 aliphatic heterocycles. The summed E-state index contributed by atoms with van der Waals surface area (Å²) in [6.07, 6.45) is 4.20. The first kappa shape index (κ1) is 16.9. The van der Waals surface area contributed by atoms with Gasteiger partial charge in [-0.1, -0.05) is 0 Å². The summed E-state index contributed by atoms with van der Waals surface area (Å²) in [7, 11) is 0. The molecule has 130 valence electrons. The van der Waals surface area contributed by atoms with Gasteiger partial charge in [-0.3, -0.25) is 9.98 Å². The van der Waals surface area contributed by atoms with Crippen molar-refractivity contribution in [3.8, 4) is 0 Å². The van der Waals surface area contributed by atoms with Crippen molar-refractivity contribution in [1.29, 1.82) is 0 Å². The van der Waals surface area contributed by atoms with E-state index in [1.54, 1.807) is 18.0 Å². The molecule has 1 fully saturated rings. The minimum atomic E-state index is -0.490. The van der Waals surface area contributed by atoms with Gasteiger partial charge < -0.3 is 9.64 Å². The van der Waals surface area contributed by atoms with Crippen LogP contribution >= 0.6 is 0 Å². The number of ether oxygens (including phenoxy) is 1. The Hall–Kier alpha value is -1.98. The molecule has 0 N–H and O–H groups in total. The SMILES string of the molecule is Cc1c(F)cncc1C1=NC2CCN(C(=O)OC(C)(C)C)CC2C1. The second-order valence-electron chi connectivity index (χ2n) is 7.62. The average molecular weight is 333 g/mol. The van der Waals surface area contributed by atoms with Crippen molar-refractivity contribution in [3.63, 3.8) is 0 Å². The predicted molar refractivity (Wildman–Crippen MR) is 89.8 cm³/mol. The second-order valence-corrected chi connectivity index (χ2v) is 7.62. The van der Waals surface area contributed by atoms with Crippen LogP contribution in [0.25, 0.3) is 0 Å². The smallest absolute Gasteiger partial charge is 0.410 e. The Balaban J connectivity index is 1.70. The third-order valence-corrected chi connectivity index (χ3v) is 4.59. The van der Waals surface area contributed by atoms with Crippen LogP contribution in [0.3, 0.4) is 0 Å². The Bertz CT molecular complexity index is 681. The first-order chi connectivity index (χ1) is 11.2. The lowest BCUT2D eigenvalue weighted by Crippen LogP contribution is -2.46. The van der Waals surface area contributed by atoms with Gasteiger partial charge in [0.05, 0.1) is 12.2 Å². The van der Waals surface area contributed by atoms with E-state index in [0.29, 0.717) is 18.7 Å². The zero-order valence-corrected chi connectivity index (χ0v) is 14.7. The van der Waals surface area contributed by atoms with E-state index >= 15 is 0 Å². The van der Waals surface area contributed by atoms with Gasteiger partial charge in [-0.05, 0) is 46.1 Å². The van der Waals surface area contributed by atoms with Gasteiger partial charge in [-0.2, -0.15) is 0 Å². The van der Waals surface area contributed by atoms with Crippen LogP contribution in [0.5, 0.6) is 0 Å². The third-order valence-electron chi connectivity index (χ3n) is 4.59. The number of carbonyl (C=O) groups is 1. The molecule has 0 saturated carbocycles. The first-order valence-electron chi connectivity index (χ1n) is 8.39. The molecular formula is C18H24FN3O2. The number of aliphatic imine (C=N–C) groups is 1. The van der Waals surface area contributed by atoms with Gasteiger partial charge in [0.15, 0.2) is 0 Å². The van der Waals surface area contributed by atoms with Crippen molar-refractivity contribution in [1.82, 2.24) is 9.88 Å². The van der Waals surface area contributed by atoms with Crippen LogP contribution in [-0.2, 0) is 4.74 Å². The maximum atomic E-state index is 13.7. The number of hydrogen-bond acceptors (Lipinski definition) is 4. The van der Waals surface area contributed by atoms with Gasteiger partial charge in [-0.25, -0.2) is 9.18 Å². The quantitative estimate of drug-likeness (QED) is 0.792. The predicted octanol–water partition coefficient (Wildman–Crippen LogP) is 3.35. The molecule has 2 aliphatic rings. The van der Waals surface area contributed by atoms with Crippen molar-refractivity contribution in [2.24, 2.45) is 10.9 Å². The molecule has 0 aliphatic carbocycles. The van der Waals surface area contributed by atoms with E-state index in [0.717, 1.165) is 24.1 Å². The lowest BCUT2D eigenvalue weighted by atomic mass is 9.90. The molecular weight excluding hydrogens is 309 g/mol. The van der Waals surface area contributed by atoms with Crippen LogP contribution in [0.15, 0.2) is 17.4 Å². The van der Waals surface area contributed by atoms with Crippen molar-refractivity contribution in [2.45, 2.75) is 52.2 Å². The fourth-order valence-electron chi connectivity index (χ4n) is 3.35. The van der Waals surface area contributed by atoms with Gasteiger partial charge in [-0.15, -0.1) is 0 Å². The van der Waals surface area contributed by atoms with Gasteiger partial charge >= 0.3 is 6.09 Å². The number of rotatable bonds is 1. The molecule has 2 unspecified atom stereocenters. The Morgan fingerprint density at radius 2 is 2.12 bits per heavy atom. The maximum absolute atomic E-state index is 13.7. The molecule has 1 amide bonds. The number of likely N-dealkylation sites (tertiary alicyclic amines) is 1. The fourth-order valence-corrected chi connectivity index (χ4v) is 3.35. The van der Waals surface area contributed by atoms with E-state index < -0.39 is 5.60 Å². The molecule has 2 atom stereocenters. The molecule has 1 aromatic rings. The zero-order valence-electron chi connectivity index (χ0n) is 14.7. The fraction of sp³-hybridized carbons (Fsp3) is 0.611. The highest BCUT2D eigenvalue weighted by molar-refractivity contribution is 6.03. The average Bonchev–Trinajstić information content (AvgIpc) is 2.91. The Morgan fingerprint density at radius 1 is 1.38 bits per heavy atom. The molecule has 0 spiro atoms. The van der Waals surface area contributed by atoms with Gasteiger partial charge in [0.2, 0.25) is 0 Å². The molecule has 0 bridgehead atoms. The van der Waals surface area contributed by atoms with Crippen LogP contribution in [0.2, 0.25) is 0 Å². The summed E-state index contributed by atoms with van der Waals surface area (Å²) in [4.78, 5) is 22.8. The number of hydrogen-bond donors (Lipinski definition) is 0. The minimum Gasteiger partial charge on any atom is -0.444 e. The number of pyridine rings is 1. The van der Waals surface area contributed by atoms with Crippen LogP contribution in [0.4, 0.5) is 9.18 Å². The first-order valence-corrected chi connectivity index (χ1v) is 8.39. The highest BCUT2D eigenvalue weighted by Crippen LogP contribution is 2.32. The number of amides is 1. The van der Waals surface area contributed by atoms with Gasteiger partial charge in [0, 0.05) is 36.5 Å². The molecule has 6 heteroatoms. The van der Waals surface area contributed by atoms with Crippen LogP contribution in [-0.4, -0.2) is 46.4 Å². The number of halogens is 1. The van der Waals surface area contributed by atoms with Gasteiger partial charge in [0.25, 0.3) is 0 Å². The second kappa shape index (κ2) is 6.15. The summed E-state index contributed by atoms with van der Waals surface area (Å²) in [6, 6.07) is 0.196. The number of aromatic nitrogens is 1. The topological polar surface area (TPSA) is 54.8 Å². The largest absolute Gasteiger partial charge is 0.444 e. The van der Waals surface area contributed by atoms with E-state index in [1.807, 2.05) is 20.8 Å². The van der Waals surface area contributed by atoms with E-state index in [4.69, 9.17) is 9.73 Å². The molecule has 1 saturated heterocycles. The van der Waals surface area contributed by atoms with Crippen LogP contribution < -0.4 is 0 Å². The monoisotopic (exact) mass is 333 g/mol. The molecule has 1 aromatic heterocycles. The van der Waals surface area contributed by atoms with E-state index in [-0.39, 0.29) is 23.9 Å². The van der Waals surface area contributed by atoms with E-state index in [1.165, 1.54) is 6.20 Å². The maximum Gasteiger partial charge on any atom is 0.410 e. The van der Waals surface area contributed by atoms with E-state index in [2.05, 4.69) is 4.98 Å². The van der Waals surface area contributed by atoms with E-state index in [9.17, 15) is 9.18 Å². The Morgan fingerprint density at radius 3 is 2.83 bits per heavy atom. The third kappa shape index (κ3) is 3.42. The highest BCUT2D eigenvalue weighted by atomic mass is 19.1. The highest BCUT2D eigenvalue weighted by Gasteiger charge is 2.38. The van der Waals surface area contributed by atoms with Crippen molar-refractivity contribution < 1.29 is 13.9 Å². The molecule has 3 heterocycles. The standard InChI is InChI=1S/C18H24FN3O2/c1-11-13(8-20-9-14(11)19)16-7-12-10-22(6-5-15(12)21-16)17(23)24-18(2,3)4/h8-9,12,15H,5-7,10H2,1-4H3. The zero-order chi connectivity index (χ0) is 17.5. The number of nitrogens with zero attached hydrogens (tertiary/aromatic N) is 3. The summed E-state index contributed by atoms with van der Waals surface area (Å²) >= 11 is 0. The summed E-state index contributed by atoms with van der Waals surface area (Å²) in [5.41, 5.74) is 1.79. The lowest BCUT2D eigenvalue weighted by Gasteiger charge is -2.35. The molecule has 0 aromatic carbocycles. The summed E-state index contributed by atoms with van der Waals surface area (Å²) in [6.45, 7) is 8.64. The van der Waals surface area contributed by atoms with Crippen LogP contribution in [0.1, 0.15) is 44.7 Å². The van der Waals surface area contributed by atoms with Crippen molar-refractivity contribution in [3.05, 3.63) is 29.3 Å². The number of piperidine rings is 1. The van der Waals surface area contributed by atoms with Gasteiger partial charge in [0.1, 0.15) is 11.4 Å². The number of carbonyl (C=O) groups excluding carboxylic acids is 1. The molecule has 0 radical (unpaired) electrons. The minimum absolute atomic E-state index is 0.196. The lowest BCUT2D eigenvalue weighted by molar-refractivity contribution is 0.0160. The molecule has 24 heavy (non-hydrogen) atoms. The van der Waals surface area contributed by atoms with Crippen molar-refractivity contribution >= 4 is 11.8 Å². The van der Waals surface area contributed by atoms with Crippen LogP contribution in [0, 0.1) is 18.7 Å². The summed E-state index contributed by atoms with van der Waals surface area (Å²) < 4.78 is 19.2. The normalized spacial score (nSPS) is 23.7. The molecule has 3 rings (SSSR count). The van der Waals surface area contributed by atoms with Crippen molar-refractivity contribution in [2.75, 3.05) is 13.1 Å². The Kier molecular flexibility index (Phi) is 4.32. The summed E-state index contributed by atoms with van der Waals surface area (Å²) in [5.74, 6) is -0.0376.